The summed E-state index contributed by atoms with van der Waals surface area (Å²) >= 11 is 0. The van der Waals surface area contributed by atoms with Crippen molar-refractivity contribution < 1.29 is 24.2 Å². The molecule has 2 aromatic carbocycles. The van der Waals surface area contributed by atoms with Gasteiger partial charge in [-0.3, -0.25) is 9.59 Å². The smallest absolute Gasteiger partial charge is 0.312 e. The van der Waals surface area contributed by atoms with Gasteiger partial charge in [0.25, 0.3) is 0 Å². The molecule has 1 amide bonds. The molecule has 2 unspecified atom stereocenters. The summed E-state index contributed by atoms with van der Waals surface area (Å²) in [4.78, 5) is 26.2. The molecule has 0 saturated carbocycles. The Balaban J connectivity index is 1.79. The van der Waals surface area contributed by atoms with Crippen molar-refractivity contribution in [1.29, 1.82) is 0 Å². The molecule has 0 saturated heterocycles. The van der Waals surface area contributed by atoms with Crippen LogP contribution in [0.2, 0.25) is 0 Å². The van der Waals surface area contributed by atoms with Gasteiger partial charge in [0.15, 0.2) is 11.5 Å². The van der Waals surface area contributed by atoms with E-state index in [9.17, 15) is 14.7 Å². The van der Waals surface area contributed by atoms with Gasteiger partial charge in [-0.05, 0) is 35.7 Å². The van der Waals surface area contributed by atoms with Gasteiger partial charge < -0.3 is 19.5 Å². The van der Waals surface area contributed by atoms with Crippen LogP contribution in [0, 0.1) is 5.92 Å². The summed E-state index contributed by atoms with van der Waals surface area (Å²) in [7, 11) is 3.15. The van der Waals surface area contributed by atoms with Crippen LogP contribution in [-0.4, -0.2) is 37.7 Å². The molecule has 0 bridgehead atoms. The number of carboxylic acid groups (broad SMARTS) is 1. The number of amides is 1. The van der Waals surface area contributed by atoms with E-state index >= 15 is 0 Å². The number of benzene rings is 2. The van der Waals surface area contributed by atoms with Crippen LogP contribution in [0.25, 0.3) is 0 Å². The van der Waals surface area contributed by atoms with Crippen LogP contribution in [0.3, 0.4) is 0 Å². The molecule has 3 rings (SSSR count). The first-order valence-corrected chi connectivity index (χ1v) is 8.80. The average Bonchev–Trinajstić information content (AvgIpc) is 3.07. The Bertz CT molecular complexity index is 863. The second-order valence-electron chi connectivity index (χ2n) is 6.69. The van der Waals surface area contributed by atoms with Gasteiger partial charge >= 0.3 is 5.97 Å². The Morgan fingerprint density at radius 2 is 1.85 bits per heavy atom. The van der Waals surface area contributed by atoms with Gasteiger partial charge in [-0.25, -0.2) is 0 Å². The first-order valence-electron chi connectivity index (χ1n) is 8.80. The summed E-state index contributed by atoms with van der Waals surface area (Å²) in [5.74, 6) is -0.724. The summed E-state index contributed by atoms with van der Waals surface area (Å²) in [5, 5.41) is 9.48. The molecule has 0 fully saturated rings. The molecule has 6 heteroatoms. The Labute approximate surface area is 158 Å². The largest absolute Gasteiger partial charge is 0.493 e. The number of rotatable bonds is 6. The van der Waals surface area contributed by atoms with Crippen molar-refractivity contribution in [2.75, 3.05) is 25.7 Å². The maximum Gasteiger partial charge on any atom is 0.312 e. The van der Waals surface area contributed by atoms with E-state index in [-0.39, 0.29) is 18.4 Å². The third-order valence-corrected chi connectivity index (χ3v) is 4.94. The Morgan fingerprint density at radius 3 is 2.52 bits per heavy atom. The van der Waals surface area contributed by atoms with Gasteiger partial charge in [0.2, 0.25) is 5.91 Å². The predicted molar refractivity (Wildman–Crippen MR) is 102 cm³/mol. The van der Waals surface area contributed by atoms with Crippen LogP contribution in [0.15, 0.2) is 42.5 Å². The molecule has 2 atom stereocenters. The lowest BCUT2D eigenvalue weighted by molar-refractivity contribution is -0.138. The minimum Gasteiger partial charge on any atom is -0.493 e. The molecule has 0 aromatic heterocycles. The summed E-state index contributed by atoms with van der Waals surface area (Å²) in [6.45, 7) is 2.03. The summed E-state index contributed by atoms with van der Waals surface area (Å²) in [5.41, 5.74) is 2.33. The fourth-order valence-electron chi connectivity index (χ4n) is 3.54. The normalized spacial score (nSPS) is 16.6. The topological polar surface area (TPSA) is 76.1 Å². The number of nitrogens with zero attached hydrogens (tertiary/aromatic N) is 1. The zero-order chi connectivity index (χ0) is 19.6. The molecule has 27 heavy (non-hydrogen) atoms. The highest BCUT2D eigenvalue weighted by molar-refractivity contribution is 6.00. The van der Waals surface area contributed by atoms with Crippen LogP contribution in [0.4, 0.5) is 5.69 Å². The Morgan fingerprint density at radius 1 is 1.15 bits per heavy atom. The van der Waals surface area contributed by atoms with Crippen molar-refractivity contribution in [1.82, 2.24) is 0 Å². The van der Waals surface area contributed by atoms with Crippen LogP contribution >= 0.6 is 0 Å². The van der Waals surface area contributed by atoms with Crippen molar-refractivity contribution in [2.45, 2.75) is 19.3 Å². The standard InChI is InChI=1S/C21H23NO5/c1-13(10-14-8-9-18(26-2)19(11-14)27-3)20(23)22-12-16(21(24)25)15-6-4-5-7-17(15)22/h4-9,11,13,16H,10,12H2,1-3H3,(H,24,25). The maximum atomic E-state index is 13.0. The molecule has 1 aliphatic heterocycles. The van der Waals surface area contributed by atoms with E-state index in [1.807, 2.05) is 31.2 Å². The van der Waals surface area contributed by atoms with Gasteiger partial charge in [0.05, 0.1) is 14.2 Å². The first-order chi connectivity index (χ1) is 13.0. The van der Waals surface area contributed by atoms with E-state index < -0.39 is 11.9 Å². The lowest BCUT2D eigenvalue weighted by Gasteiger charge is -2.22. The highest BCUT2D eigenvalue weighted by atomic mass is 16.5. The predicted octanol–water partition coefficient (Wildman–Crippen LogP) is 3.10. The third-order valence-electron chi connectivity index (χ3n) is 4.94. The van der Waals surface area contributed by atoms with Gasteiger partial charge in [-0.1, -0.05) is 31.2 Å². The minimum atomic E-state index is -0.912. The number of ether oxygens (including phenoxy) is 2. The fraction of sp³-hybridized carbons (Fsp3) is 0.333. The van der Waals surface area contributed by atoms with Gasteiger partial charge in [-0.2, -0.15) is 0 Å². The van der Waals surface area contributed by atoms with Crippen LogP contribution in [0.5, 0.6) is 11.5 Å². The number of aliphatic carboxylic acids is 1. The monoisotopic (exact) mass is 369 g/mol. The van der Waals surface area contributed by atoms with Crippen LogP contribution in [-0.2, 0) is 16.0 Å². The zero-order valence-electron chi connectivity index (χ0n) is 15.6. The number of anilines is 1. The van der Waals surface area contributed by atoms with E-state index in [0.29, 0.717) is 29.2 Å². The van der Waals surface area contributed by atoms with E-state index in [1.165, 1.54) is 0 Å². The molecule has 2 aromatic rings. The van der Waals surface area contributed by atoms with E-state index in [1.54, 1.807) is 37.3 Å². The molecule has 142 valence electrons. The number of fused-ring (bicyclic) bond motifs is 1. The number of carbonyl (C=O) groups is 2. The van der Waals surface area contributed by atoms with E-state index in [4.69, 9.17) is 9.47 Å². The SMILES string of the molecule is COc1ccc(CC(C)C(=O)N2CC(C(=O)O)c3ccccc32)cc1OC. The highest BCUT2D eigenvalue weighted by Gasteiger charge is 2.37. The maximum absolute atomic E-state index is 13.0. The summed E-state index contributed by atoms with van der Waals surface area (Å²) in [6, 6.07) is 12.8. The number of carboxylic acids is 1. The van der Waals surface area contributed by atoms with Crippen LogP contribution < -0.4 is 14.4 Å². The van der Waals surface area contributed by atoms with Crippen molar-refractivity contribution in [3.63, 3.8) is 0 Å². The Hall–Kier alpha value is -3.02. The van der Waals surface area contributed by atoms with Crippen LogP contribution in [0.1, 0.15) is 24.0 Å². The van der Waals surface area contributed by atoms with Crippen molar-refractivity contribution >= 4 is 17.6 Å². The number of carbonyl (C=O) groups excluding carboxylic acids is 1. The number of para-hydroxylation sites is 1. The van der Waals surface area contributed by atoms with Gasteiger partial charge in [0.1, 0.15) is 5.92 Å². The fourth-order valence-corrected chi connectivity index (χ4v) is 3.54. The first kappa shape index (κ1) is 18.8. The van der Waals surface area contributed by atoms with E-state index in [2.05, 4.69) is 0 Å². The third kappa shape index (κ3) is 3.60. The van der Waals surface area contributed by atoms with Crippen molar-refractivity contribution in [2.24, 2.45) is 5.92 Å². The second-order valence-corrected chi connectivity index (χ2v) is 6.69. The van der Waals surface area contributed by atoms with Gasteiger partial charge in [0, 0.05) is 18.2 Å². The lowest BCUT2D eigenvalue weighted by Crippen LogP contribution is -2.36. The second kappa shape index (κ2) is 7.70. The molecular formula is C21H23NO5. The molecule has 0 aliphatic carbocycles. The quantitative estimate of drug-likeness (QED) is 0.847. The summed E-state index contributed by atoms with van der Waals surface area (Å²) in [6.07, 6.45) is 0.523. The zero-order valence-corrected chi connectivity index (χ0v) is 15.6. The molecular weight excluding hydrogens is 346 g/mol. The molecule has 6 nitrogen and oxygen atoms in total. The number of hydrogen-bond donors (Lipinski definition) is 1. The molecule has 0 radical (unpaired) electrons. The molecule has 1 heterocycles. The van der Waals surface area contributed by atoms with Crippen molar-refractivity contribution in [3.8, 4) is 11.5 Å². The average molecular weight is 369 g/mol. The highest BCUT2D eigenvalue weighted by Crippen LogP contribution is 2.37. The minimum absolute atomic E-state index is 0.0824. The summed E-state index contributed by atoms with van der Waals surface area (Å²) < 4.78 is 10.6. The van der Waals surface area contributed by atoms with Crippen molar-refractivity contribution in [3.05, 3.63) is 53.6 Å². The number of methoxy groups -OCH3 is 2. The molecule has 0 spiro atoms. The number of hydrogen-bond acceptors (Lipinski definition) is 4. The molecule has 1 N–H and O–H groups in total. The lowest BCUT2D eigenvalue weighted by atomic mass is 9.99. The van der Waals surface area contributed by atoms with Gasteiger partial charge in [-0.15, -0.1) is 0 Å². The Kier molecular flexibility index (Phi) is 5.35. The van der Waals surface area contributed by atoms with E-state index in [0.717, 1.165) is 5.56 Å². The molecule has 1 aliphatic rings.